The van der Waals surface area contributed by atoms with Gasteiger partial charge in [-0.05, 0) is 43.5 Å². The number of amides is 3. The molecule has 5 heteroatoms. The molecule has 1 N–H and O–H groups in total. The molecule has 0 fully saturated rings. The van der Waals surface area contributed by atoms with Gasteiger partial charge in [0.15, 0.2) is 0 Å². The second-order valence-corrected chi connectivity index (χ2v) is 7.03. The van der Waals surface area contributed by atoms with E-state index in [0.29, 0.717) is 23.2 Å². The van der Waals surface area contributed by atoms with Gasteiger partial charge in [-0.3, -0.25) is 19.3 Å². The number of hydrogen-bond acceptors (Lipinski definition) is 3. The summed E-state index contributed by atoms with van der Waals surface area (Å²) in [6.45, 7) is 5.89. The summed E-state index contributed by atoms with van der Waals surface area (Å²) >= 11 is 0. The lowest BCUT2D eigenvalue weighted by atomic mass is 10.0. The van der Waals surface area contributed by atoms with E-state index in [1.807, 2.05) is 45.0 Å². The molecule has 0 spiro atoms. The maximum absolute atomic E-state index is 12.9. The number of carbonyl (C=O) groups excluding carboxylic acids is 3. The number of carbonyl (C=O) groups is 3. The molecule has 0 aliphatic carbocycles. The highest BCUT2D eigenvalue weighted by molar-refractivity contribution is 6.23. The number of nitrogens with zero attached hydrogens (tertiary/aromatic N) is 1. The van der Waals surface area contributed by atoms with Crippen molar-refractivity contribution in [2.75, 3.05) is 5.32 Å². The monoisotopic (exact) mass is 350 g/mol. The molecule has 1 aliphatic rings. The van der Waals surface area contributed by atoms with Gasteiger partial charge in [0, 0.05) is 5.69 Å². The van der Waals surface area contributed by atoms with Crippen molar-refractivity contribution in [3.63, 3.8) is 0 Å². The molecule has 5 nitrogen and oxygen atoms in total. The third-order valence-corrected chi connectivity index (χ3v) is 4.45. The van der Waals surface area contributed by atoms with Crippen LogP contribution in [-0.2, 0) is 4.79 Å². The van der Waals surface area contributed by atoms with Crippen molar-refractivity contribution in [3.8, 4) is 0 Å². The van der Waals surface area contributed by atoms with Crippen molar-refractivity contribution in [2.45, 2.75) is 33.2 Å². The van der Waals surface area contributed by atoms with Gasteiger partial charge in [0.1, 0.15) is 6.04 Å². The Morgan fingerprint density at radius 3 is 2.00 bits per heavy atom. The van der Waals surface area contributed by atoms with Crippen molar-refractivity contribution in [3.05, 3.63) is 65.2 Å². The summed E-state index contributed by atoms with van der Waals surface area (Å²) in [5.74, 6) is -1.02. The predicted molar refractivity (Wildman–Crippen MR) is 100.0 cm³/mol. The molecule has 2 aromatic carbocycles. The number of benzene rings is 2. The molecular formula is C21H22N2O3. The van der Waals surface area contributed by atoms with Crippen LogP contribution in [0.25, 0.3) is 0 Å². The highest BCUT2D eigenvalue weighted by Crippen LogP contribution is 2.27. The van der Waals surface area contributed by atoms with Gasteiger partial charge < -0.3 is 5.32 Å². The summed E-state index contributed by atoms with van der Waals surface area (Å²) in [6.07, 6.45) is 0.406. The Morgan fingerprint density at radius 1 is 0.962 bits per heavy atom. The standard InChI is InChI=1S/C21H22N2O3/c1-13(2)12-18(19(24)22-15-10-8-14(3)9-11-15)23-20(25)16-6-4-5-7-17(16)21(23)26/h4-11,13,18H,12H2,1-3H3,(H,22,24). The first-order valence-electron chi connectivity index (χ1n) is 8.73. The number of hydrogen-bond donors (Lipinski definition) is 1. The Kier molecular flexibility index (Phi) is 4.89. The summed E-state index contributed by atoms with van der Waals surface area (Å²) in [5, 5.41) is 2.83. The fourth-order valence-corrected chi connectivity index (χ4v) is 3.13. The SMILES string of the molecule is Cc1ccc(NC(=O)C(CC(C)C)N2C(=O)c3ccccc3C2=O)cc1. The molecule has 2 aromatic rings. The zero-order valence-electron chi connectivity index (χ0n) is 15.2. The highest BCUT2D eigenvalue weighted by Gasteiger charge is 2.42. The van der Waals surface area contributed by atoms with Crippen LogP contribution < -0.4 is 5.32 Å². The number of fused-ring (bicyclic) bond motifs is 1. The van der Waals surface area contributed by atoms with E-state index in [4.69, 9.17) is 0 Å². The van der Waals surface area contributed by atoms with Crippen molar-refractivity contribution in [1.82, 2.24) is 4.90 Å². The molecular weight excluding hydrogens is 328 g/mol. The number of aryl methyl sites for hydroxylation is 1. The van der Waals surface area contributed by atoms with Gasteiger partial charge in [0.2, 0.25) is 5.91 Å². The van der Waals surface area contributed by atoms with Crippen molar-refractivity contribution in [1.29, 1.82) is 0 Å². The lowest BCUT2D eigenvalue weighted by Crippen LogP contribution is -2.47. The minimum absolute atomic E-state index is 0.146. The third-order valence-electron chi connectivity index (χ3n) is 4.45. The topological polar surface area (TPSA) is 66.5 Å². The van der Waals surface area contributed by atoms with Crippen LogP contribution >= 0.6 is 0 Å². The van der Waals surface area contributed by atoms with Crippen LogP contribution in [0, 0.1) is 12.8 Å². The molecule has 26 heavy (non-hydrogen) atoms. The summed E-state index contributed by atoms with van der Waals surface area (Å²) < 4.78 is 0. The van der Waals surface area contributed by atoms with Crippen LogP contribution in [-0.4, -0.2) is 28.7 Å². The smallest absolute Gasteiger partial charge is 0.262 e. The molecule has 0 saturated heterocycles. The molecule has 0 saturated carbocycles. The molecule has 1 atom stereocenters. The van der Waals surface area contributed by atoms with Crippen LogP contribution in [0.4, 0.5) is 5.69 Å². The van der Waals surface area contributed by atoms with E-state index < -0.39 is 17.9 Å². The minimum Gasteiger partial charge on any atom is -0.324 e. The Morgan fingerprint density at radius 2 is 1.50 bits per heavy atom. The number of anilines is 1. The molecule has 1 aliphatic heterocycles. The van der Waals surface area contributed by atoms with E-state index in [2.05, 4.69) is 5.32 Å². The van der Waals surface area contributed by atoms with Crippen molar-refractivity contribution in [2.24, 2.45) is 5.92 Å². The average Bonchev–Trinajstić information content (AvgIpc) is 2.86. The lowest BCUT2D eigenvalue weighted by molar-refractivity contribution is -0.120. The highest BCUT2D eigenvalue weighted by atomic mass is 16.2. The second-order valence-electron chi connectivity index (χ2n) is 7.03. The van der Waals surface area contributed by atoms with Crippen LogP contribution in [0.1, 0.15) is 46.5 Å². The van der Waals surface area contributed by atoms with Gasteiger partial charge in [-0.25, -0.2) is 0 Å². The Balaban J connectivity index is 1.89. The quantitative estimate of drug-likeness (QED) is 0.837. The second kappa shape index (κ2) is 7.12. The first-order chi connectivity index (χ1) is 12.4. The first-order valence-corrected chi connectivity index (χ1v) is 8.73. The molecule has 0 bridgehead atoms. The molecule has 1 heterocycles. The first kappa shape index (κ1) is 17.9. The summed E-state index contributed by atoms with van der Waals surface area (Å²) in [4.78, 5) is 39.5. The fraction of sp³-hybridized carbons (Fsp3) is 0.286. The molecule has 1 unspecified atom stereocenters. The maximum atomic E-state index is 12.9. The Labute approximate surface area is 153 Å². The number of nitrogens with one attached hydrogen (secondary N) is 1. The number of rotatable bonds is 5. The normalized spacial score (nSPS) is 14.5. The van der Waals surface area contributed by atoms with Crippen molar-refractivity contribution < 1.29 is 14.4 Å². The van der Waals surface area contributed by atoms with Gasteiger partial charge in [0.25, 0.3) is 11.8 Å². The zero-order valence-corrected chi connectivity index (χ0v) is 15.2. The van der Waals surface area contributed by atoms with Crippen LogP contribution in [0.5, 0.6) is 0 Å². The summed E-state index contributed by atoms with van der Waals surface area (Å²) in [7, 11) is 0. The molecule has 0 radical (unpaired) electrons. The average molecular weight is 350 g/mol. The predicted octanol–water partition coefficient (Wildman–Crippen LogP) is 3.64. The summed E-state index contributed by atoms with van der Waals surface area (Å²) in [6, 6.07) is 13.3. The Hall–Kier alpha value is -2.95. The van der Waals surface area contributed by atoms with E-state index in [1.54, 1.807) is 24.3 Å². The van der Waals surface area contributed by atoms with E-state index in [0.717, 1.165) is 10.5 Å². The molecule has 3 amide bonds. The van der Waals surface area contributed by atoms with Crippen molar-refractivity contribution >= 4 is 23.4 Å². The number of imide groups is 1. The summed E-state index contributed by atoms with van der Waals surface area (Å²) in [5.41, 5.74) is 2.44. The van der Waals surface area contributed by atoms with Crippen LogP contribution in [0.15, 0.2) is 48.5 Å². The third kappa shape index (κ3) is 3.38. The molecule has 134 valence electrons. The van der Waals surface area contributed by atoms with E-state index in [9.17, 15) is 14.4 Å². The molecule has 3 rings (SSSR count). The zero-order chi connectivity index (χ0) is 18.8. The molecule has 0 aromatic heterocycles. The van der Waals surface area contributed by atoms with E-state index >= 15 is 0 Å². The van der Waals surface area contributed by atoms with Crippen LogP contribution in [0.2, 0.25) is 0 Å². The lowest BCUT2D eigenvalue weighted by Gasteiger charge is -2.26. The van der Waals surface area contributed by atoms with Gasteiger partial charge in [0.05, 0.1) is 11.1 Å². The Bertz CT molecular complexity index is 821. The maximum Gasteiger partial charge on any atom is 0.262 e. The van der Waals surface area contributed by atoms with Gasteiger partial charge in [-0.2, -0.15) is 0 Å². The van der Waals surface area contributed by atoms with Gasteiger partial charge in [-0.15, -0.1) is 0 Å². The van der Waals surface area contributed by atoms with E-state index in [1.165, 1.54) is 0 Å². The van der Waals surface area contributed by atoms with Gasteiger partial charge >= 0.3 is 0 Å². The van der Waals surface area contributed by atoms with Gasteiger partial charge in [-0.1, -0.05) is 43.7 Å². The fourth-order valence-electron chi connectivity index (χ4n) is 3.13. The largest absolute Gasteiger partial charge is 0.324 e. The van der Waals surface area contributed by atoms with E-state index in [-0.39, 0.29) is 11.8 Å². The van der Waals surface area contributed by atoms with Crippen LogP contribution in [0.3, 0.4) is 0 Å². The minimum atomic E-state index is -0.844.